The number of anilines is 1. The molecule has 1 aliphatic rings. The van der Waals surface area contributed by atoms with Crippen molar-refractivity contribution in [1.82, 2.24) is 9.78 Å². The van der Waals surface area contributed by atoms with E-state index in [-0.39, 0.29) is 5.91 Å². The minimum Gasteiger partial charge on any atom is -0.322 e. The smallest absolute Gasteiger partial charge is 0.255 e. The molecule has 1 N–H and O–H groups in total. The Labute approximate surface area is 157 Å². The molecule has 0 radical (unpaired) electrons. The Bertz CT molecular complexity index is 1010. The summed E-state index contributed by atoms with van der Waals surface area (Å²) in [5, 5.41) is 8.11. The van der Waals surface area contributed by atoms with E-state index in [1.54, 1.807) is 10.7 Å². The number of hydrogen-bond acceptors (Lipinski definition) is 2. The number of benzene rings is 2. The summed E-state index contributed by atoms with van der Waals surface area (Å²) in [5.41, 5.74) is 6.62. The molecule has 0 atom stereocenters. The molecule has 26 heavy (non-hydrogen) atoms. The van der Waals surface area contributed by atoms with E-state index in [4.69, 9.17) is 11.6 Å². The zero-order valence-corrected chi connectivity index (χ0v) is 15.6. The van der Waals surface area contributed by atoms with Gasteiger partial charge in [-0.25, -0.2) is 4.68 Å². The molecule has 2 aromatic carbocycles. The maximum Gasteiger partial charge on any atom is 0.255 e. The number of carbonyl (C=O) groups excluding carboxylic acids is 1. The molecule has 1 aliphatic carbocycles. The van der Waals surface area contributed by atoms with Crippen LogP contribution >= 0.6 is 11.6 Å². The first kappa shape index (κ1) is 16.9. The van der Waals surface area contributed by atoms with Crippen LogP contribution in [0.25, 0.3) is 5.69 Å². The quantitative estimate of drug-likeness (QED) is 0.718. The summed E-state index contributed by atoms with van der Waals surface area (Å²) in [5.74, 6) is -0.127. The minimum atomic E-state index is -0.127. The summed E-state index contributed by atoms with van der Waals surface area (Å²) < 4.78 is 1.77. The predicted molar refractivity (Wildman–Crippen MR) is 104 cm³/mol. The van der Waals surface area contributed by atoms with Gasteiger partial charge in [0.05, 0.1) is 22.1 Å². The van der Waals surface area contributed by atoms with Crippen molar-refractivity contribution >= 4 is 23.2 Å². The average molecular weight is 366 g/mol. The molecule has 5 heteroatoms. The lowest BCUT2D eigenvalue weighted by Gasteiger charge is -2.10. The highest BCUT2D eigenvalue weighted by atomic mass is 35.5. The first-order valence-corrected chi connectivity index (χ1v) is 9.16. The van der Waals surface area contributed by atoms with Gasteiger partial charge in [-0.15, -0.1) is 0 Å². The molecule has 0 saturated carbocycles. The Kier molecular flexibility index (Phi) is 4.29. The highest BCUT2D eigenvalue weighted by Gasteiger charge is 2.14. The number of nitrogens with one attached hydrogen (secondary N) is 1. The SMILES string of the molecule is Cc1nn(-c2cccc(C(=O)Nc3ccc4c(c3)CCC4)c2)c(C)c1Cl. The van der Waals surface area contributed by atoms with Crippen molar-refractivity contribution < 1.29 is 4.79 Å². The fraction of sp³-hybridized carbons (Fsp3) is 0.238. The van der Waals surface area contributed by atoms with Gasteiger partial charge < -0.3 is 5.32 Å². The van der Waals surface area contributed by atoms with Crippen LogP contribution in [0.2, 0.25) is 5.02 Å². The summed E-state index contributed by atoms with van der Waals surface area (Å²) in [7, 11) is 0. The molecule has 4 nitrogen and oxygen atoms in total. The van der Waals surface area contributed by atoms with Gasteiger partial charge in [-0.3, -0.25) is 4.79 Å². The van der Waals surface area contributed by atoms with Gasteiger partial charge >= 0.3 is 0 Å². The van der Waals surface area contributed by atoms with Crippen molar-refractivity contribution in [2.75, 3.05) is 5.32 Å². The maximum absolute atomic E-state index is 12.7. The van der Waals surface area contributed by atoms with Crippen LogP contribution in [-0.4, -0.2) is 15.7 Å². The van der Waals surface area contributed by atoms with Gasteiger partial charge in [0.1, 0.15) is 0 Å². The molecule has 1 amide bonds. The third kappa shape index (κ3) is 3.01. The molecule has 4 rings (SSSR count). The Balaban J connectivity index is 1.60. The van der Waals surface area contributed by atoms with Gasteiger partial charge in [-0.1, -0.05) is 23.7 Å². The fourth-order valence-electron chi connectivity index (χ4n) is 3.51. The third-order valence-electron chi connectivity index (χ3n) is 4.91. The Morgan fingerprint density at radius 1 is 1.12 bits per heavy atom. The monoisotopic (exact) mass is 365 g/mol. The van der Waals surface area contributed by atoms with Crippen LogP contribution in [0.3, 0.4) is 0 Å². The average Bonchev–Trinajstić information content (AvgIpc) is 3.21. The second kappa shape index (κ2) is 6.61. The van der Waals surface area contributed by atoms with Gasteiger partial charge in [0, 0.05) is 11.3 Å². The van der Waals surface area contributed by atoms with E-state index in [0.29, 0.717) is 10.6 Å². The van der Waals surface area contributed by atoms with Gasteiger partial charge in [0.15, 0.2) is 0 Å². The molecule has 0 fully saturated rings. The number of carbonyl (C=O) groups is 1. The summed E-state index contributed by atoms with van der Waals surface area (Å²) in [6, 6.07) is 13.6. The van der Waals surface area contributed by atoms with Gasteiger partial charge in [-0.05, 0) is 74.6 Å². The van der Waals surface area contributed by atoms with Crippen LogP contribution in [0, 0.1) is 13.8 Å². The van der Waals surface area contributed by atoms with E-state index >= 15 is 0 Å². The molecule has 0 aliphatic heterocycles. The molecule has 1 heterocycles. The lowest BCUT2D eigenvalue weighted by Crippen LogP contribution is -2.13. The van der Waals surface area contributed by atoms with Crippen LogP contribution in [0.15, 0.2) is 42.5 Å². The standard InChI is InChI=1S/C21H20ClN3O/c1-13-20(22)14(2)25(24-13)19-8-4-7-17(12-19)21(26)23-18-10-9-15-5-3-6-16(15)11-18/h4,7-12H,3,5-6H2,1-2H3,(H,23,26). The number of nitrogens with zero attached hydrogens (tertiary/aromatic N) is 2. The van der Waals surface area contributed by atoms with Crippen LogP contribution < -0.4 is 5.32 Å². The van der Waals surface area contributed by atoms with Gasteiger partial charge in [0.2, 0.25) is 0 Å². The van der Waals surface area contributed by atoms with Crippen molar-refractivity contribution in [1.29, 1.82) is 0 Å². The largest absolute Gasteiger partial charge is 0.322 e. The second-order valence-electron chi connectivity index (χ2n) is 6.74. The van der Waals surface area contributed by atoms with Gasteiger partial charge in [0.25, 0.3) is 5.91 Å². The van der Waals surface area contributed by atoms with E-state index in [0.717, 1.165) is 35.6 Å². The molecule has 0 unspecified atom stereocenters. The lowest BCUT2D eigenvalue weighted by atomic mass is 10.1. The van der Waals surface area contributed by atoms with Gasteiger partial charge in [-0.2, -0.15) is 5.10 Å². The number of amides is 1. The zero-order valence-electron chi connectivity index (χ0n) is 14.8. The molecular formula is C21H20ClN3O. The van der Waals surface area contributed by atoms with Crippen molar-refractivity contribution in [3.63, 3.8) is 0 Å². The molecule has 0 bridgehead atoms. The summed E-state index contributed by atoms with van der Waals surface area (Å²) in [4.78, 5) is 12.7. The molecule has 0 saturated heterocycles. The van der Waals surface area contributed by atoms with Crippen LogP contribution in [0.4, 0.5) is 5.69 Å². The predicted octanol–water partition coefficient (Wildman–Crippen LogP) is 4.88. The summed E-state index contributed by atoms with van der Waals surface area (Å²) in [6.07, 6.45) is 3.42. The highest BCUT2D eigenvalue weighted by molar-refractivity contribution is 6.31. The summed E-state index contributed by atoms with van der Waals surface area (Å²) in [6.45, 7) is 3.79. The maximum atomic E-state index is 12.7. The molecular weight excluding hydrogens is 346 g/mol. The van der Waals surface area contributed by atoms with Crippen LogP contribution in [-0.2, 0) is 12.8 Å². The Morgan fingerprint density at radius 3 is 2.69 bits per heavy atom. The van der Waals surface area contributed by atoms with Crippen LogP contribution in [0.1, 0.15) is 39.3 Å². The van der Waals surface area contributed by atoms with E-state index < -0.39 is 0 Å². The molecule has 132 valence electrons. The van der Waals surface area contributed by atoms with Crippen molar-refractivity contribution in [3.8, 4) is 5.69 Å². The number of aromatic nitrogens is 2. The topological polar surface area (TPSA) is 46.9 Å². The summed E-state index contributed by atoms with van der Waals surface area (Å²) >= 11 is 6.24. The normalized spacial score (nSPS) is 12.9. The number of hydrogen-bond donors (Lipinski definition) is 1. The van der Waals surface area contributed by atoms with E-state index in [1.165, 1.54) is 17.5 Å². The highest BCUT2D eigenvalue weighted by Crippen LogP contribution is 2.26. The van der Waals surface area contributed by atoms with E-state index in [9.17, 15) is 4.79 Å². The molecule has 3 aromatic rings. The third-order valence-corrected chi connectivity index (χ3v) is 5.46. The zero-order chi connectivity index (χ0) is 18.3. The fourth-order valence-corrected chi connectivity index (χ4v) is 3.62. The first-order chi connectivity index (χ1) is 12.5. The number of aryl methyl sites for hydroxylation is 3. The Hall–Kier alpha value is -2.59. The molecule has 0 spiro atoms. The number of halogens is 1. The van der Waals surface area contributed by atoms with Crippen LogP contribution in [0.5, 0.6) is 0 Å². The Morgan fingerprint density at radius 2 is 1.92 bits per heavy atom. The number of rotatable bonds is 3. The lowest BCUT2D eigenvalue weighted by molar-refractivity contribution is 0.102. The second-order valence-corrected chi connectivity index (χ2v) is 7.12. The van der Waals surface area contributed by atoms with Crippen molar-refractivity contribution in [2.24, 2.45) is 0 Å². The minimum absolute atomic E-state index is 0.127. The van der Waals surface area contributed by atoms with E-state index in [2.05, 4.69) is 22.5 Å². The first-order valence-electron chi connectivity index (χ1n) is 8.78. The number of fused-ring (bicyclic) bond motifs is 1. The van der Waals surface area contributed by atoms with E-state index in [1.807, 2.05) is 38.1 Å². The van der Waals surface area contributed by atoms with Crippen molar-refractivity contribution in [2.45, 2.75) is 33.1 Å². The molecule has 1 aromatic heterocycles. The van der Waals surface area contributed by atoms with Crippen molar-refractivity contribution in [3.05, 3.63) is 75.6 Å².